The average molecular weight is 350 g/mol. The lowest BCUT2D eigenvalue weighted by atomic mass is 10.1. The molecule has 3 heterocycles. The minimum Gasteiger partial charge on any atom is -0.372 e. The van der Waals surface area contributed by atoms with Gasteiger partial charge >= 0.3 is 0 Å². The number of amides is 1. The van der Waals surface area contributed by atoms with Crippen molar-refractivity contribution in [1.29, 1.82) is 0 Å². The molecule has 2 aromatic heterocycles. The lowest BCUT2D eigenvalue weighted by molar-refractivity contribution is -0.132. The Morgan fingerprint density at radius 2 is 2.19 bits per heavy atom. The summed E-state index contributed by atoms with van der Waals surface area (Å²) in [6.45, 7) is 0.773. The van der Waals surface area contributed by atoms with Crippen LogP contribution >= 0.6 is 0 Å². The number of aromatic amines is 1. The molecule has 1 saturated heterocycles. The van der Waals surface area contributed by atoms with Gasteiger partial charge in [0, 0.05) is 26.4 Å². The minimum atomic E-state index is 0.0129. The Bertz CT molecular complexity index is 888. The van der Waals surface area contributed by atoms with E-state index in [4.69, 9.17) is 0 Å². The first-order chi connectivity index (χ1) is 12.7. The number of aryl methyl sites for hydroxylation is 1. The number of benzene rings is 1. The van der Waals surface area contributed by atoms with Crippen molar-refractivity contribution in [3.63, 3.8) is 0 Å². The predicted octanol–water partition coefficient (Wildman–Crippen LogP) is 2.69. The van der Waals surface area contributed by atoms with Crippen molar-refractivity contribution < 1.29 is 4.79 Å². The molecule has 0 unspecified atom stereocenters. The van der Waals surface area contributed by atoms with Crippen LogP contribution in [0.15, 0.2) is 36.7 Å². The number of nitrogens with one attached hydrogen (secondary N) is 2. The van der Waals surface area contributed by atoms with Crippen LogP contribution in [0.25, 0.3) is 11.0 Å². The summed E-state index contributed by atoms with van der Waals surface area (Å²) in [4.78, 5) is 31.4. The van der Waals surface area contributed by atoms with Crippen molar-refractivity contribution in [2.24, 2.45) is 0 Å². The molecule has 1 aliphatic heterocycles. The fourth-order valence-corrected chi connectivity index (χ4v) is 3.53. The summed E-state index contributed by atoms with van der Waals surface area (Å²) in [5.41, 5.74) is 2.80. The van der Waals surface area contributed by atoms with Crippen LogP contribution in [0.4, 0.5) is 5.82 Å². The van der Waals surface area contributed by atoms with E-state index >= 15 is 0 Å². The Labute approximate surface area is 151 Å². The second-order valence-corrected chi connectivity index (χ2v) is 6.52. The molecule has 2 N–H and O–H groups in total. The van der Waals surface area contributed by atoms with Crippen LogP contribution in [0.3, 0.4) is 0 Å². The summed E-state index contributed by atoms with van der Waals surface area (Å²) in [7, 11) is 1.82. The van der Waals surface area contributed by atoms with Gasteiger partial charge in [-0.3, -0.25) is 9.78 Å². The fraction of sp³-hybridized carbons (Fsp3) is 0.368. The normalized spacial score (nSPS) is 17.0. The second kappa shape index (κ2) is 7.11. The second-order valence-electron chi connectivity index (χ2n) is 6.52. The highest BCUT2D eigenvalue weighted by Gasteiger charge is 2.31. The third-order valence-corrected chi connectivity index (χ3v) is 4.84. The quantitative estimate of drug-likeness (QED) is 0.739. The van der Waals surface area contributed by atoms with Crippen molar-refractivity contribution in [2.75, 3.05) is 18.9 Å². The van der Waals surface area contributed by atoms with Crippen molar-refractivity contribution in [2.45, 2.75) is 31.7 Å². The zero-order chi connectivity index (χ0) is 17.9. The van der Waals surface area contributed by atoms with Gasteiger partial charge < -0.3 is 15.2 Å². The lowest BCUT2D eigenvalue weighted by Crippen LogP contribution is -2.31. The number of aromatic nitrogens is 4. The van der Waals surface area contributed by atoms with Crippen LogP contribution < -0.4 is 5.32 Å². The summed E-state index contributed by atoms with van der Waals surface area (Å²) in [5.74, 6) is 1.72. The largest absolute Gasteiger partial charge is 0.372 e. The SMILES string of the molecule is CNc1cncc([C@H]2CCCN2C(=O)CCc2nc3ccccc3[nH]2)n1. The molecule has 1 fully saturated rings. The van der Waals surface area contributed by atoms with Gasteiger partial charge in [0.1, 0.15) is 11.6 Å². The van der Waals surface area contributed by atoms with Crippen molar-refractivity contribution >= 4 is 22.8 Å². The van der Waals surface area contributed by atoms with Gasteiger partial charge in [0.05, 0.1) is 35.2 Å². The van der Waals surface area contributed by atoms with Gasteiger partial charge in [0.15, 0.2) is 0 Å². The van der Waals surface area contributed by atoms with Gasteiger partial charge in [-0.2, -0.15) is 0 Å². The molecule has 26 heavy (non-hydrogen) atoms. The number of imidazole rings is 1. The maximum absolute atomic E-state index is 12.8. The standard InChI is InChI=1S/C19H22N6O/c1-20-18-12-21-11-15(24-18)16-7-4-10-25(16)19(26)9-8-17-22-13-5-2-3-6-14(13)23-17/h2-3,5-6,11-12,16H,4,7-10H2,1H3,(H,20,24)(H,22,23)/t16-/m1/s1. The third-order valence-electron chi connectivity index (χ3n) is 4.84. The lowest BCUT2D eigenvalue weighted by Gasteiger charge is -2.24. The van der Waals surface area contributed by atoms with Crippen molar-refractivity contribution in [1.82, 2.24) is 24.8 Å². The Hall–Kier alpha value is -2.96. The number of carbonyl (C=O) groups excluding carboxylic acids is 1. The molecule has 7 heteroatoms. The number of anilines is 1. The van der Waals surface area contributed by atoms with Crippen molar-refractivity contribution in [3.05, 3.63) is 48.2 Å². The molecule has 0 radical (unpaired) electrons. The van der Waals surface area contributed by atoms with Crippen LogP contribution in [0.2, 0.25) is 0 Å². The molecule has 1 aliphatic rings. The summed E-state index contributed by atoms with van der Waals surface area (Å²) < 4.78 is 0. The topological polar surface area (TPSA) is 86.8 Å². The summed E-state index contributed by atoms with van der Waals surface area (Å²) in [6.07, 6.45) is 6.42. The first kappa shape index (κ1) is 16.5. The molecule has 0 bridgehead atoms. The van der Waals surface area contributed by atoms with E-state index in [-0.39, 0.29) is 11.9 Å². The maximum Gasteiger partial charge on any atom is 0.223 e. The van der Waals surface area contributed by atoms with Crippen LogP contribution in [-0.4, -0.2) is 44.3 Å². The molecule has 1 atom stereocenters. The number of likely N-dealkylation sites (tertiary alicyclic amines) is 1. The predicted molar refractivity (Wildman–Crippen MR) is 99.7 cm³/mol. The number of H-pyrrole nitrogens is 1. The third kappa shape index (κ3) is 3.24. The van der Waals surface area contributed by atoms with E-state index in [0.717, 1.165) is 47.8 Å². The Balaban J connectivity index is 1.44. The highest BCUT2D eigenvalue weighted by Crippen LogP contribution is 2.31. The Morgan fingerprint density at radius 1 is 1.31 bits per heavy atom. The number of hydrogen-bond donors (Lipinski definition) is 2. The summed E-state index contributed by atoms with van der Waals surface area (Å²) in [5, 5.41) is 3.00. The molecule has 3 aromatic rings. The molecular formula is C19H22N6O. The van der Waals surface area contributed by atoms with E-state index < -0.39 is 0 Å². The van der Waals surface area contributed by atoms with E-state index in [2.05, 4.69) is 25.3 Å². The first-order valence-corrected chi connectivity index (χ1v) is 8.97. The molecule has 0 spiro atoms. The monoisotopic (exact) mass is 350 g/mol. The molecule has 0 aliphatic carbocycles. The van der Waals surface area contributed by atoms with E-state index in [0.29, 0.717) is 12.8 Å². The highest BCUT2D eigenvalue weighted by atomic mass is 16.2. The summed E-state index contributed by atoms with van der Waals surface area (Å²) in [6, 6.07) is 7.93. The molecule has 7 nitrogen and oxygen atoms in total. The van der Waals surface area contributed by atoms with Crippen molar-refractivity contribution in [3.8, 4) is 0 Å². The average Bonchev–Trinajstić information content (AvgIpc) is 3.32. The fourth-order valence-electron chi connectivity index (χ4n) is 3.53. The Morgan fingerprint density at radius 3 is 3.04 bits per heavy atom. The molecule has 1 amide bonds. The smallest absolute Gasteiger partial charge is 0.223 e. The summed E-state index contributed by atoms with van der Waals surface area (Å²) >= 11 is 0. The van der Waals surface area contributed by atoms with E-state index in [1.165, 1.54) is 0 Å². The minimum absolute atomic E-state index is 0.0129. The number of nitrogens with zero attached hydrogens (tertiary/aromatic N) is 4. The Kier molecular flexibility index (Phi) is 4.51. The van der Waals surface area contributed by atoms with E-state index in [1.54, 1.807) is 12.4 Å². The molecule has 1 aromatic carbocycles. The van der Waals surface area contributed by atoms with Gasteiger partial charge in [0.25, 0.3) is 0 Å². The van der Waals surface area contributed by atoms with E-state index in [9.17, 15) is 4.79 Å². The van der Waals surface area contributed by atoms with Gasteiger partial charge in [-0.1, -0.05) is 12.1 Å². The van der Waals surface area contributed by atoms with Crippen LogP contribution in [0.1, 0.15) is 36.8 Å². The number of hydrogen-bond acceptors (Lipinski definition) is 5. The van der Waals surface area contributed by atoms with Crippen LogP contribution in [0.5, 0.6) is 0 Å². The van der Waals surface area contributed by atoms with Crippen LogP contribution in [-0.2, 0) is 11.2 Å². The zero-order valence-corrected chi connectivity index (χ0v) is 14.8. The van der Waals surface area contributed by atoms with E-state index in [1.807, 2.05) is 36.2 Å². The zero-order valence-electron chi connectivity index (χ0n) is 14.8. The van der Waals surface area contributed by atoms with Gasteiger partial charge in [-0.15, -0.1) is 0 Å². The number of rotatable bonds is 5. The van der Waals surface area contributed by atoms with Crippen LogP contribution in [0, 0.1) is 0 Å². The number of carbonyl (C=O) groups is 1. The van der Waals surface area contributed by atoms with Gasteiger partial charge in [-0.25, -0.2) is 9.97 Å². The molecule has 134 valence electrons. The number of para-hydroxylation sites is 2. The first-order valence-electron chi connectivity index (χ1n) is 8.97. The van der Waals surface area contributed by atoms with Gasteiger partial charge in [-0.05, 0) is 25.0 Å². The molecule has 0 saturated carbocycles. The molecular weight excluding hydrogens is 328 g/mol. The maximum atomic E-state index is 12.8. The number of fused-ring (bicyclic) bond motifs is 1. The molecule has 4 rings (SSSR count). The van der Waals surface area contributed by atoms with Gasteiger partial charge in [0.2, 0.25) is 5.91 Å². The highest BCUT2D eigenvalue weighted by molar-refractivity contribution is 5.78.